The van der Waals surface area contributed by atoms with Gasteiger partial charge in [-0.15, -0.1) is 11.3 Å². The van der Waals surface area contributed by atoms with Crippen LogP contribution in [-0.2, 0) is 17.6 Å². The number of anilines is 2. The molecular weight excluding hydrogens is 414 g/mol. The maximum absolute atomic E-state index is 12.9. The molecule has 0 saturated carbocycles. The molecule has 1 fully saturated rings. The minimum Gasteiger partial charge on any atom is -0.493 e. The van der Waals surface area contributed by atoms with E-state index in [9.17, 15) is 4.79 Å². The summed E-state index contributed by atoms with van der Waals surface area (Å²) in [5.41, 5.74) is 8.10. The van der Waals surface area contributed by atoms with Crippen molar-refractivity contribution in [2.75, 3.05) is 51.0 Å². The van der Waals surface area contributed by atoms with Crippen LogP contribution in [-0.4, -0.2) is 61.2 Å². The number of nitrogen functional groups attached to an aromatic ring is 1. The number of carbonyl (C=O) groups excluding carboxylic acids is 1. The predicted molar refractivity (Wildman–Crippen MR) is 123 cm³/mol. The number of hydrogen-bond donors (Lipinski definition) is 1. The zero-order valence-corrected chi connectivity index (χ0v) is 18.9. The first-order valence-corrected chi connectivity index (χ1v) is 11.2. The number of ether oxygens (including phenoxy) is 2. The fourth-order valence-electron chi connectivity index (χ4n) is 3.93. The van der Waals surface area contributed by atoms with E-state index < -0.39 is 0 Å². The van der Waals surface area contributed by atoms with E-state index in [1.54, 1.807) is 25.6 Å². The number of nitrogens with zero attached hydrogens (tertiary/aromatic N) is 4. The Balaban J connectivity index is 1.45. The van der Waals surface area contributed by atoms with Gasteiger partial charge in [0.15, 0.2) is 11.5 Å². The number of carbonyl (C=O) groups is 1. The highest BCUT2D eigenvalue weighted by Gasteiger charge is 2.25. The monoisotopic (exact) mass is 441 g/mol. The van der Waals surface area contributed by atoms with Gasteiger partial charge in [-0.25, -0.2) is 4.98 Å². The summed E-state index contributed by atoms with van der Waals surface area (Å²) in [7, 11) is 3.19. The summed E-state index contributed by atoms with van der Waals surface area (Å²) in [5.74, 6) is 2.56. The first kappa shape index (κ1) is 21.2. The average Bonchev–Trinajstić information content (AvgIpc) is 3.21. The number of aryl methyl sites for hydroxylation is 1. The predicted octanol–water partition coefficient (Wildman–Crippen LogP) is 2.74. The van der Waals surface area contributed by atoms with Crippen LogP contribution in [0.5, 0.6) is 11.5 Å². The Morgan fingerprint density at radius 3 is 2.55 bits per heavy atom. The zero-order valence-electron chi connectivity index (χ0n) is 18.1. The van der Waals surface area contributed by atoms with Crippen LogP contribution in [0, 0.1) is 0 Å². The fraction of sp³-hybridized carbons (Fsp3) is 0.409. The average molecular weight is 442 g/mol. The molecule has 2 aromatic heterocycles. The lowest BCUT2D eigenvalue weighted by Crippen LogP contribution is -2.49. The van der Waals surface area contributed by atoms with Gasteiger partial charge in [-0.1, -0.05) is 13.0 Å². The van der Waals surface area contributed by atoms with Gasteiger partial charge in [0.05, 0.1) is 26.0 Å². The molecule has 0 aliphatic carbocycles. The van der Waals surface area contributed by atoms with E-state index in [1.807, 2.05) is 23.1 Å². The van der Waals surface area contributed by atoms with E-state index in [4.69, 9.17) is 15.2 Å². The van der Waals surface area contributed by atoms with Crippen LogP contribution < -0.4 is 20.1 Å². The first-order valence-electron chi connectivity index (χ1n) is 10.3. The van der Waals surface area contributed by atoms with E-state index in [2.05, 4.69) is 27.2 Å². The Labute approximate surface area is 185 Å². The van der Waals surface area contributed by atoms with Gasteiger partial charge in [0.1, 0.15) is 10.6 Å². The third kappa shape index (κ3) is 4.23. The molecule has 0 radical (unpaired) electrons. The van der Waals surface area contributed by atoms with Crippen molar-refractivity contribution in [2.24, 2.45) is 0 Å². The highest BCUT2D eigenvalue weighted by molar-refractivity contribution is 7.17. The number of thiophene rings is 1. The molecule has 0 unspecified atom stereocenters. The second-order valence-corrected chi connectivity index (χ2v) is 8.29. The highest BCUT2D eigenvalue weighted by atomic mass is 32.1. The summed E-state index contributed by atoms with van der Waals surface area (Å²) in [6.45, 7) is 4.84. The van der Waals surface area contributed by atoms with Gasteiger partial charge in [0.25, 0.3) is 0 Å². The van der Waals surface area contributed by atoms with Crippen LogP contribution in [0.25, 0.3) is 10.2 Å². The van der Waals surface area contributed by atoms with E-state index in [1.165, 1.54) is 5.56 Å². The van der Waals surface area contributed by atoms with Crippen molar-refractivity contribution in [3.05, 3.63) is 34.7 Å². The number of rotatable bonds is 6. The maximum Gasteiger partial charge on any atom is 0.227 e. The SMILES string of the molecule is CCc1csc2nc(N)nc(N3CCN(C(=O)Cc4ccc(OC)c(OC)c4)CC3)c12. The number of aromatic nitrogens is 2. The normalized spacial score (nSPS) is 14.2. The zero-order chi connectivity index (χ0) is 22.0. The minimum atomic E-state index is 0.101. The number of nitrogens with two attached hydrogens (primary N) is 1. The van der Waals surface area contributed by atoms with E-state index in [0.29, 0.717) is 50.0 Å². The Morgan fingerprint density at radius 1 is 1.13 bits per heavy atom. The van der Waals surface area contributed by atoms with Crippen LogP contribution in [0.4, 0.5) is 11.8 Å². The molecule has 0 bridgehead atoms. The quantitative estimate of drug-likeness (QED) is 0.629. The van der Waals surface area contributed by atoms with Crippen LogP contribution in [0.2, 0.25) is 0 Å². The van der Waals surface area contributed by atoms with Crippen LogP contribution >= 0.6 is 11.3 Å². The van der Waals surface area contributed by atoms with Crippen molar-refractivity contribution in [3.63, 3.8) is 0 Å². The number of hydrogen-bond acceptors (Lipinski definition) is 8. The van der Waals surface area contributed by atoms with E-state index in [-0.39, 0.29) is 5.91 Å². The lowest BCUT2D eigenvalue weighted by Gasteiger charge is -2.36. The van der Waals surface area contributed by atoms with E-state index >= 15 is 0 Å². The molecule has 4 rings (SSSR count). The van der Waals surface area contributed by atoms with Crippen molar-refractivity contribution in [1.82, 2.24) is 14.9 Å². The van der Waals surface area contributed by atoms with Crippen molar-refractivity contribution < 1.29 is 14.3 Å². The Morgan fingerprint density at radius 2 is 1.87 bits per heavy atom. The molecule has 164 valence electrons. The molecule has 1 aromatic carbocycles. The van der Waals surface area contributed by atoms with Gasteiger partial charge < -0.3 is 25.0 Å². The third-order valence-electron chi connectivity index (χ3n) is 5.62. The van der Waals surface area contributed by atoms with Gasteiger partial charge in [0.2, 0.25) is 11.9 Å². The molecule has 3 aromatic rings. The summed E-state index contributed by atoms with van der Waals surface area (Å²) >= 11 is 1.60. The van der Waals surface area contributed by atoms with E-state index in [0.717, 1.165) is 28.0 Å². The van der Waals surface area contributed by atoms with Crippen LogP contribution in [0.15, 0.2) is 23.6 Å². The second-order valence-electron chi connectivity index (χ2n) is 7.43. The molecule has 3 heterocycles. The number of amides is 1. The van der Waals surface area contributed by atoms with Gasteiger partial charge in [0, 0.05) is 26.2 Å². The summed E-state index contributed by atoms with van der Waals surface area (Å²) in [6.07, 6.45) is 1.25. The molecular formula is C22H27N5O3S. The highest BCUT2D eigenvalue weighted by Crippen LogP contribution is 2.33. The van der Waals surface area contributed by atoms with Crippen molar-refractivity contribution in [1.29, 1.82) is 0 Å². The third-order valence-corrected chi connectivity index (χ3v) is 6.55. The van der Waals surface area contributed by atoms with Gasteiger partial charge >= 0.3 is 0 Å². The number of benzene rings is 1. The first-order chi connectivity index (χ1) is 15.0. The van der Waals surface area contributed by atoms with Crippen LogP contribution in [0.1, 0.15) is 18.1 Å². The second kappa shape index (κ2) is 8.97. The number of methoxy groups -OCH3 is 2. The lowest BCUT2D eigenvalue weighted by molar-refractivity contribution is -0.130. The molecule has 1 aliphatic heterocycles. The summed E-state index contributed by atoms with van der Waals surface area (Å²) in [5, 5.41) is 3.22. The van der Waals surface area contributed by atoms with Gasteiger partial charge in [-0.3, -0.25) is 4.79 Å². The molecule has 2 N–H and O–H groups in total. The molecule has 31 heavy (non-hydrogen) atoms. The molecule has 0 atom stereocenters. The standard InChI is InChI=1S/C22H27N5O3S/c1-4-15-13-31-21-19(15)20(24-22(23)25-21)27-9-7-26(8-10-27)18(28)12-14-5-6-16(29-2)17(11-14)30-3/h5-6,11,13H,4,7-10,12H2,1-3H3,(H2,23,24,25). The topological polar surface area (TPSA) is 93.8 Å². The Kier molecular flexibility index (Phi) is 6.13. The van der Waals surface area contributed by atoms with Crippen molar-refractivity contribution in [3.8, 4) is 11.5 Å². The molecule has 1 saturated heterocycles. The smallest absolute Gasteiger partial charge is 0.227 e. The Hall–Kier alpha value is -3.07. The molecule has 9 heteroatoms. The molecule has 1 amide bonds. The lowest BCUT2D eigenvalue weighted by atomic mass is 10.1. The molecule has 1 aliphatic rings. The fourth-order valence-corrected chi connectivity index (χ4v) is 4.96. The van der Waals surface area contributed by atoms with Crippen LogP contribution in [0.3, 0.4) is 0 Å². The van der Waals surface area contributed by atoms with Crippen molar-refractivity contribution in [2.45, 2.75) is 19.8 Å². The number of piperazine rings is 1. The summed E-state index contributed by atoms with van der Waals surface area (Å²) in [4.78, 5) is 26.9. The molecule has 0 spiro atoms. The van der Waals surface area contributed by atoms with Gasteiger partial charge in [-0.05, 0) is 35.1 Å². The largest absolute Gasteiger partial charge is 0.493 e. The summed E-state index contributed by atoms with van der Waals surface area (Å²) < 4.78 is 10.6. The summed E-state index contributed by atoms with van der Waals surface area (Å²) in [6, 6.07) is 5.59. The maximum atomic E-state index is 12.9. The molecule has 8 nitrogen and oxygen atoms in total. The minimum absolute atomic E-state index is 0.101. The van der Waals surface area contributed by atoms with Crippen molar-refractivity contribution >= 4 is 39.2 Å². The number of fused-ring (bicyclic) bond motifs is 1. The Bertz CT molecular complexity index is 1090. The van der Waals surface area contributed by atoms with Gasteiger partial charge in [-0.2, -0.15) is 4.98 Å².